The number of aryl methyl sites for hydroxylation is 2. The van der Waals surface area contributed by atoms with Crippen molar-refractivity contribution in [3.8, 4) is 11.3 Å². The van der Waals surface area contributed by atoms with Gasteiger partial charge in [0.05, 0.1) is 17.6 Å². The SMILES string of the molecule is Clc1ccc(-c2nc3sc4c(n3c2C=NOCc2ccc(Cl)cc2Cl)CCCC4)cc1. The van der Waals surface area contributed by atoms with Gasteiger partial charge in [-0.2, -0.15) is 0 Å². The molecule has 0 spiro atoms. The second-order valence-electron chi connectivity index (χ2n) is 7.39. The van der Waals surface area contributed by atoms with Crippen LogP contribution >= 0.6 is 46.1 Å². The van der Waals surface area contributed by atoms with E-state index in [2.05, 4.69) is 9.56 Å². The molecule has 4 aromatic rings. The zero-order valence-corrected chi connectivity index (χ0v) is 19.5. The van der Waals surface area contributed by atoms with Gasteiger partial charge in [0.1, 0.15) is 6.61 Å². The van der Waals surface area contributed by atoms with E-state index in [1.165, 1.54) is 23.4 Å². The van der Waals surface area contributed by atoms with Crippen LogP contribution in [0.3, 0.4) is 0 Å². The topological polar surface area (TPSA) is 38.9 Å². The lowest BCUT2D eigenvalue weighted by Crippen LogP contribution is -2.05. The van der Waals surface area contributed by atoms with Crippen molar-refractivity contribution in [2.45, 2.75) is 32.3 Å². The fraction of sp³-hybridized carbons (Fsp3) is 0.217. The van der Waals surface area contributed by atoms with E-state index in [1.54, 1.807) is 29.7 Å². The molecule has 8 heteroatoms. The van der Waals surface area contributed by atoms with Gasteiger partial charge < -0.3 is 4.84 Å². The molecule has 0 aliphatic heterocycles. The lowest BCUT2D eigenvalue weighted by molar-refractivity contribution is 0.132. The van der Waals surface area contributed by atoms with Crippen LogP contribution in [0, 0.1) is 0 Å². The van der Waals surface area contributed by atoms with Crippen molar-refractivity contribution in [1.29, 1.82) is 0 Å². The zero-order chi connectivity index (χ0) is 21.4. The van der Waals surface area contributed by atoms with E-state index in [9.17, 15) is 0 Å². The normalized spacial score (nSPS) is 13.8. The maximum atomic E-state index is 6.23. The van der Waals surface area contributed by atoms with Crippen LogP contribution in [0.4, 0.5) is 0 Å². The second kappa shape index (κ2) is 8.83. The third-order valence-corrected chi connectivity index (χ3v) is 7.34. The number of rotatable bonds is 5. The first-order chi connectivity index (χ1) is 15.1. The van der Waals surface area contributed by atoms with Crippen molar-refractivity contribution in [3.63, 3.8) is 0 Å². The number of imidazole rings is 1. The molecule has 31 heavy (non-hydrogen) atoms. The highest BCUT2D eigenvalue weighted by Crippen LogP contribution is 2.34. The molecule has 0 radical (unpaired) electrons. The smallest absolute Gasteiger partial charge is 0.195 e. The summed E-state index contributed by atoms with van der Waals surface area (Å²) >= 11 is 20.0. The Kier molecular flexibility index (Phi) is 5.93. The van der Waals surface area contributed by atoms with E-state index in [1.807, 2.05) is 30.3 Å². The number of hydrogen-bond donors (Lipinski definition) is 0. The Morgan fingerprint density at radius 3 is 2.61 bits per heavy atom. The molecule has 1 aliphatic carbocycles. The van der Waals surface area contributed by atoms with Gasteiger partial charge >= 0.3 is 0 Å². The van der Waals surface area contributed by atoms with Gasteiger partial charge in [-0.1, -0.05) is 58.2 Å². The molecule has 5 rings (SSSR count). The number of oxime groups is 1. The van der Waals surface area contributed by atoms with E-state index in [-0.39, 0.29) is 6.61 Å². The predicted octanol–water partition coefficient (Wildman–Crippen LogP) is 7.45. The van der Waals surface area contributed by atoms with E-state index >= 15 is 0 Å². The Bertz CT molecular complexity index is 1280. The molecule has 0 unspecified atom stereocenters. The highest BCUT2D eigenvalue weighted by Gasteiger charge is 2.22. The third kappa shape index (κ3) is 4.20. The average molecular weight is 491 g/mol. The van der Waals surface area contributed by atoms with E-state index < -0.39 is 0 Å². The first kappa shape index (κ1) is 20.8. The number of thiazole rings is 1. The minimum atomic E-state index is 0.256. The number of fused-ring (bicyclic) bond motifs is 3. The molecular formula is C23H18Cl3N3OS. The predicted molar refractivity (Wildman–Crippen MR) is 129 cm³/mol. The van der Waals surface area contributed by atoms with Crippen LogP contribution in [0.1, 0.15) is 34.7 Å². The van der Waals surface area contributed by atoms with Crippen molar-refractivity contribution in [2.24, 2.45) is 5.16 Å². The zero-order valence-electron chi connectivity index (χ0n) is 16.4. The summed E-state index contributed by atoms with van der Waals surface area (Å²) < 4.78 is 2.23. The quantitative estimate of drug-likeness (QED) is 0.215. The van der Waals surface area contributed by atoms with Gasteiger partial charge in [0.2, 0.25) is 0 Å². The number of hydrogen-bond acceptors (Lipinski definition) is 4. The van der Waals surface area contributed by atoms with Crippen molar-refractivity contribution < 1.29 is 4.84 Å². The number of benzene rings is 2. The fourth-order valence-corrected chi connectivity index (χ4v) is 5.64. The van der Waals surface area contributed by atoms with Gasteiger partial charge in [0.25, 0.3) is 0 Å². The van der Waals surface area contributed by atoms with Crippen molar-refractivity contribution in [2.75, 3.05) is 0 Å². The second-order valence-corrected chi connectivity index (χ2v) is 9.74. The minimum absolute atomic E-state index is 0.256. The molecule has 2 heterocycles. The van der Waals surface area contributed by atoms with Gasteiger partial charge in [-0.25, -0.2) is 4.98 Å². The van der Waals surface area contributed by atoms with Gasteiger partial charge in [0.15, 0.2) is 4.96 Å². The standard InChI is InChI=1S/C23H18Cl3N3OS/c24-16-8-5-14(6-9-16)22-20(12-27-30-13-15-7-10-17(25)11-18(15)26)29-19-3-1-2-4-21(19)31-23(29)28-22/h5-12H,1-4,13H2. The third-order valence-electron chi connectivity index (χ3n) is 5.36. The molecule has 0 saturated heterocycles. The summed E-state index contributed by atoms with van der Waals surface area (Å²) in [5, 5.41) is 6.10. The van der Waals surface area contributed by atoms with Crippen LogP contribution in [-0.4, -0.2) is 15.6 Å². The highest BCUT2D eigenvalue weighted by atomic mass is 35.5. The summed E-state index contributed by atoms with van der Waals surface area (Å²) in [6, 6.07) is 13.0. The van der Waals surface area contributed by atoms with Crippen LogP contribution in [0.15, 0.2) is 47.6 Å². The molecule has 4 nitrogen and oxygen atoms in total. The van der Waals surface area contributed by atoms with Crippen LogP contribution in [0.5, 0.6) is 0 Å². The summed E-state index contributed by atoms with van der Waals surface area (Å²) in [4.78, 5) is 12.9. The molecule has 2 aromatic carbocycles. The number of halogens is 3. The molecule has 0 bridgehead atoms. The molecule has 0 amide bonds. The lowest BCUT2D eigenvalue weighted by Gasteiger charge is -2.11. The number of nitrogens with zero attached hydrogens (tertiary/aromatic N) is 3. The van der Waals surface area contributed by atoms with E-state index in [0.29, 0.717) is 15.1 Å². The van der Waals surface area contributed by atoms with Gasteiger partial charge in [-0.15, -0.1) is 11.3 Å². The summed E-state index contributed by atoms with van der Waals surface area (Å²) in [5.74, 6) is 0. The first-order valence-electron chi connectivity index (χ1n) is 9.98. The molecule has 1 aliphatic rings. The van der Waals surface area contributed by atoms with E-state index in [4.69, 9.17) is 44.6 Å². The fourth-order valence-electron chi connectivity index (χ4n) is 3.83. The van der Waals surface area contributed by atoms with Crippen LogP contribution < -0.4 is 0 Å². The number of aromatic nitrogens is 2. The molecular weight excluding hydrogens is 473 g/mol. The van der Waals surface area contributed by atoms with Crippen LogP contribution in [0.25, 0.3) is 16.2 Å². The van der Waals surface area contributed by atoms with Crippen molar-refractivity contribution >= 4 is 57.3 Å². The Morgan fingerprint density at radius 2 is 1.81 bits per heavy atom. The van der Waals surface area contributed by atoms with Crippen LogP contribution in [0.2, 0.25) is 15.1 Å². The molecule has 0 fully saturated rings. The van der Waals surface area contributed by atoms with Crippen LogP contribution in [-0.2, 0) is 24.3 Å². The van der Waals surface area contributed by atoms with Crippen molar-refractivity contribution in [1.82, 2.24) is 9.38 Å². The summed E-state index contributed by atoms with van der Waals surface area (Å²) in [5.41, 5.74) is 4.94. The monoisotopic (exact) mass is 489 g/mol. The minimum Gasteiger partial charge on any atom is -0.391 e. The highest BCUT2D eigenvalue weighted by molar-refractivity contribution is 7.17. The van der Waals surface area contributed by atoms with Crippen molar-refractivity contribution in [3.05, 3.63) is 79.4 Å². The van der Waals surface area contributed by atoms with Gasteiger partial charge in [0, 0.05) is 36.8 Å². The maximum absolute atomic E-state index is 6.23. The maximum Gasteiger partial charge on any atom is 0.195 e. The Balaban J connectivity index is 1.50. The molecule has 0 saturated carbocycles. The average Bonchev–Trinajstić information content (AvgIpc) is 3.29. The molecule has 158 valence electrons. The Labute approximate surface area is 199 Å². The Morgan fingerprint density at radius 1 is 1.03 bits per heavy atom. The summed E-state index contributed by atoms with van der Waals surface area (Å²) in [7, 11) is 0. The van der Waals surface area contributed by atoms with Gasteiger partial charge in [-0.3, -0.25) is 4.40 Å². The Hall–Kier alpha value is -2.05. The molecule has 0 N–H and O–H groups in total. The first-order valence-corrected chi connectivity index (χ1v) is 11.9. The van der Waals surface area contributed by atoms with Gasteiger partial charge in [-0.05, 0) is 49.9 Å². The summed E-state index contributed by atoms with van der Waals surface area (Å²) in [6.07, 6.45) is 6.33. The van der Waals surface area contributed by atoms with E-state index in [0.717, 1.165) is 40.3 Å². The molecule has 0 atom stereocenters. The largest absolute Gasteiger partial charge is 0.391 e. The summed E-state index contributed by atoms with van der Waals surface area (Å²) in [6.45, 7) is 0.256. The lowest BCUT2D eigenvalue weighted by atomic mass is 10.0. The molecule has 2 aromatic heterocycles.